The molecule has 0 saturated carbocycles. The van der Waals surface area contributed by atoms with Crippen LogP contribution in [0, 0.1) is 0 Å². The van der Waals surface area contributed by atoms with Crippen LogP contribution in [0.1, 0.15) is 10.4 Å². The first-order valence-electron chi connectivity index (χ1n) is 5.50. The number of carboxylic acid groups (broad SMARTS) is 1. The normalized spacial score (nSPS) is 19.2. The van der Waals surface area contributed by atoms with E-state index in [0.29, 0.717) is 6.61 Å². The van der Waals surface area contributed by atoms with Gasteiger partial charge in [-0.15, -0.1) is 0 Å². The van der Waals surface area contributed by atoms with Gasteiger partial charge in [0.15, 0.2) is 6.04 Å². The number of aromatic nitrogens is 1. The standard InChI is InChI=1S/C11H11BrN2O5/c12-7-3-6(4-13-9(7)15)10(16)14-1-2-19-5-8(14)11(17)18/h3-4,8H,1-2,5H2,(H,13,15)(H,17,18). The molecule has 0 radical (unpaired) electrons. The van der Waals surface area contributed by atoms with E-state index in [0.717, 1.165) is 0 Å². The van der Waals surface area contributed by atoms with Gasteiger partial charge in [0.1, 0.15) is 0 Å². The van der Waals surface area contributed by atoms with Gasteiger partial charge in [-0.3, -0.25) is 9.59 Å². The van der Waals surface area contributed by atoms with Crippen LogP contribution in [0.25, 0.3) is 0 Å². The summed E-state index contributed by atoms with van der Waals surface area (Å²) in [4.78, 5) is 38.2. The second-order valence-corrected chi connectivity index (χ2v) is 4.85. The Morgan fingerprint density at radius 1 is 1.53 bits per heavy atom. The Morgan fingerprint density at radius 3 is 2.89 bits per heavy atom. The number of pyridine rings is 1. The lowest BCUT2D eigenvalue weighted by molar-refractivity contribution is -0.147. The number of nitrogens with one attached hydrogen (secondary N) is 1. The van der Waals surface area contributed by atoms with Crippen molar-refractivity contribution in [1.82, 2.24) is 9.88 Å². The number of aliphatic carboxylic acids is 1. The van der Waals surface area contributed by atoms with Crippen LogP contribution in [-0.4, -0.2) is 52.7 Å². The van der Waals surface area contributed by atoms with Gasteiger partial charge in [-0.05, 0) is 22.0 Å². The molecule has 8 heteroatoms. The Morgan fingerprint density at radius 2 is 2.26 bits per heavy atom. The number of carbonyl (C=O) groups excluding carboxylic acids is 1. The lowest BCUT2D eigenvalue weighted by Crippen LogP contribution is -2.52. The van der Waals surface area contributed by atoms with Crippen molar-refractivity contribution in [3.8, 4) is 0 Å². The summed E-state index contributed by atoms with van der Waals surface area (Å²) >= 11 is 3.03. The largest absolute Gasteiger partial charge is 0.480 e. The number of hydrogen-bond acceptors (Lipinski definition) is 4. The Hall–Kier alpha value is -1.67. The first kappa shape index (κ1) is 13.8. The van der Waals surface area contributed by atoms with E-state index in [9.17, 15) is 14.4 Å². The summed E-state index contributed by atoms with van der Waals surface area (Å²) in [5.41, 5.74) is -0.132. The van der Waals surface area contributed by atoms with Crippen molar-refractivity contribution in [3.63, 3.8) is 0 Å². The number of halogens is 1. The zero-order valence-electron chi connectivity index (χ0n) is 9.76. The van der Waals surface area contributed by atoms with Crippen LogP contribution in [0.2, 0.25) is 0 Å². The molecule has 19 heavy (non-hydrogen) atoms. The van der Waals surface area contributed by atoms with Crippen LogP contribution in [-0.2, 0) is 9.53 Å². The molecule has 1 amide bonds. The maximum absolute atomic E-state index is 12.2. The van der Waals surface area contributed by atoms with Gasteiger partial charge in [0, 0.05) is 12.7 Å². The molecule has 1 aromatic rings. The number of amides is 1. The fraction of sp³-hybridized carbons (Fsp3) is 0.364. The number of ether oxygens (including phenoxy) is 1. The third-order valence-corrected chi connectivity index (χ3v) is 3.37. The maximum atomic E-state index is 12.2. The molecule has 0 bridgehead atoms. The molecule has 7 nitrogen and oxygen atoms in total. The third-order valence-electron chi connectivity index (χ3n) is 2.78. The van der Waals surface area contributed by atoms with E-state index in [-0.39, 0.29) is 28.7 Å². The van der Waals surface area contributed by atoms with Gasteiger partial charge < -0.3 is 19.7 Å². The number of H-pyrrole nitrogens is 1. The Kier molecular flexibility index (Phi) is 4.01. The van der Waals surface area contributed by atoms with E-state index in [1.54, 1.807) is 0 Å². The van der Waals surface area contributed by atoms with Crippen LogP contribution < -0.4 is 5.56 Å². The molecule has 1 aliphatic heterocycles. The van der Waals surface area contributed by atoms with E-state index in [2.05, 4.69) is 20.9 Å². The maximum Gasteiger partial charge on any atom is 0.328 e. The number of carbonyl (C=O) groups is 2. The van der Waals surface area contributed by atoms with E-state index in [1.165, 1.54) is 17.2 Å². The Bertz CT molecular complexity index is 570. The van der Waals surface area contributed by atoms with Crippen LogP contribution in [0.15, 0.2) is 21.5 Å². The van der Waals surface area contributed by atoms with Gasteiger partial charge in [-0.1, -0.05) is 0 Å². The molecular weight excluding hydrogens is 320 g/mol. The molecule has 102 valence electrons. The fourth-order valence-electron chi connectivity index (χ4n) is 1.80. The second-order valence-electron chi connectivity index (χ2n) is 3.99. The van der Waals surface area contributed by atoms with E-state index < -0.39 is 17.9 Å². The molecule has 1 atom stereocenters. The van der Waals surface area contributed by atoms with Gasteiger partial charge in [0.2, 0.25) is 0 Å². The average molecular weight is 331 g/mol. The summed E-state index contributed by atoms with van der Waals surface area (Å²) in [6.07, 6.45) is 1.27. The third kappa shape index (κ3) is 2.85. The van der Waals surface area contributed by atoms with Crippen LogP contribution >= 0.6 is 15.9 Å². The lowest BCUT2D eigenvalue weighted by Gasteiger charge is -2.32. The molecule has 1 unspecified atom stereocenters. The number of morpholine rings is 1. The summed E-state index contributed by atoms with van der Waals surface area (Å²) < 4.78 is 5.28. The van der Waals surface area contributed by atoms with Crippen LogP contribution in [0.3, 0.4) is 0 Å². The fourth-order valence-corrected chi connectivity index (χ4v) is 2.16. The highest BCUT2D eigenvalue weighted by Gasteiger charge is 2.33. The molecule has 0 spiro atoms. The quantitative estimate of drug-likeness (QED) is 0.798. The minimum atomic E-state index is -1.11. The van der Waals surface area contributed by atoms with Gasteiger partial charge in [-0.2, -0.15) is 0 Å². The number of aromatic amines is 1. The van der Waals surface area contributed by atoms with Crippen molar-refractivity contribution in [3.05, 3.63) is 32.7 Å². The van der Waals surface area contributed by atoms with Gasteiger partial charge in [-0.25, -0.2) is 4.79 Å². The molecule has 2 N–H and O–H groups in total. The molecule has 1 fully saturated rings. The zero-order chi connectivity index (χ0) is 14.0. The molecule has 0 aromatic carbocycles. The van der Waals surface area contributed by atoms with Gasteiger partial charge in [0.25, 0.3) is 11.5 Å². The van der Waals surface area contributed by atoms with Gasteiger partial charge >= 0.3 is 5.97 Å². The highest BCUT2D eigenvalue weighted by molar-refractivity contribution is 9.10. The first-order chi connectivity index (χ1) is 9.00. The van der Waals surface area contributed by atoms with Crippen LogP contribution in [0.5, 0.6) is 0 Å². The predicted molar refractivity (Wildman–Crippen MR) is 68.0 cm³/mol. The molecule has 1 aliphatic rings. The molecule has 2 heterocycles. The Labute approximate surface area is 116 Å². The molecule has 0 aliphatic carbocycles. The van der Waals surface area contributed by atoms with Crippen molar-refractivity contribution in [2.75, 3.05) is 19.8 Å². The van der Waals surface area contributed by atoms with E-state index in [4.69, 9.17) is 9.84 Å². The molecule has 1 aromatic heterocycles. The van der Waals surface area contributed by atoms with Crippen molar-refractivity contribution in [2.24, 2.45) is 0 Å². The van der Waals surface area contributed by atoms with Crippen molar-refractivity contribution in [2.45, 2.75) is 6.04 Å². The van der Waals surface area contributed by atoms with E-state index in [1.807, 2.05) is 0 Å². The minimum Gasteiger partial charge on any atom is -0.480 e. The molecular formula is C11H11BrN2O5. The predicted octanol–water partition coefficient (Wildman–Crippen LogP) is 0.0630. The van der Waals surface area contributed by atoms with E-state index >= 15 is 0 Å². The summed E-state index contributed by atoms with van der Waals surface area (Å²) in [6.45, 7) is 0.457. The Balaban J connectivity index is 2.28. The highest BCUT2D eigenvalue weighted by atomic mass is 79.9. The first-order valence-corrected chi connectivity index (χ1v) is 6.29. The minimum absolute atomic E-state index is 0.0361. The van der Waals surface area contributed by atoms with Crippen molar-refractivity contribution >= 4 is 27.8 Å². The smallest absolute Gasteiger partial charge is 0.328 e. The van der Waals surface area contributed by atoms with Crippen molar-refractivity contribution in [1.29, 1.82) is 0 Å². The zero-order valence-corrected chi connectivity index (χ0v) is 11.3. The second kappa shape index (κ2) is 5.54. The SMILES string of the molecule is O=C(O)C1COCCN1C(=O)c1c[nH]c(=O)c(Br)c1. The summed E-state index contributed by atoms with van der Waals surface area (Å²) in [6, 6.07) is 0.363. The highest BCUT2D eigenvalue weighted by Crippen LogP contribution is 2.14. The lowest BCUT2D eigenvalue weighted by atomic mass is 10.1. The summed E-state index contributed by atoms with van der Waals surface area (Å²) in [5.74, 6) is -1.57. The molecule has 1 saturated heterocycles. The van der Waals surface area contributed by atoms with Gasteiger partial charge in [0.05, 0.1) is 23.2 Å². The monoisotopic (exact) mass is 330 g/mol. The average Bonchev–Trinajstić information content (AvgIpc) is 2.41. The number of carboxylic acids is 1. The topological polar surface area (TPSA) is 99.7 Å². The number of hydrogen-bond donors (Lipinski definition) is 2. The summed E-state index contributed by atoms with van der Waals surface area (Å²) in [7, 11) is 0. The van der Waals surface area contributed by atoms with Crippen molar-refractivity contribution < 1.29 is 19.4 Å². The number of rotatable bonds is 2. The molecule has 2 rings (SSSR count). The summed E-state index contributed by atoms with van der Waals surface area (Å²) in [5, 5.41) is 9.06. The van der Waals surface area contributed by atoms with Crippen LogP contribution in [0.4, 0.5) is 0 Å². The number of nitrogens with zero attached hydrogens (tertiary/aromatic N) is 1.